The molecule has 1 saturated heterocycles. The summed E-state index contributed by atoms with van der Waals surface area (Å²) in [6, 6.07) is 5.30. The van der Waals surface area contributed by atoms with Crippen LogP contribution in [0.4, 0.5) is 18.9 Å². The average Bonchev–Trinajstić information content (AvgIpc) is 2.84. The largest absolute Gasteiger partial charge is 0.393 e. The quantitative estimate of drug-likeness (QED) is 0.897. The highest BCUT2D eigenvalue weighted by atomic mass is 32.2. The maximum Gasteiger partial charge on any atom is 0.393 e. The van der Waals surface area contributed by atoms with Crippen molar-refractivity contribution in [2.45, 2.75) is 31.5 Å². The summed E-state index contributed by atoms with van der Waals surface area (Å²) in [5.74, 6) is 0.314. The van der Waals surface area contributed by atoms with Crippen molar-refractivity contribution in [3.8, 4) is 0 Å². The van der Waals surface area contributed by atoms with E-state index in [9.17, 15) is 21.6 Å². The molecule has 2 heterocycles. The molecule has 1 aliphatic heterocycles. The highest BCUT2D eigenvalue weighted by Crippen LogP contribution is 2.36. The topological polar surface area (TPSA) is 46.2 Å². The molecule has 0 saturated carbocycles. The fourth-order valence-corrected chi connectivity index (χ4v) is 5.37. The Hall–Kier alpha value is -1.28. The van der Waals surface area contributed by atoms with Gasteiger partial charge < -0.3 is 5.32 Å². The van der Waals surface area contributed by atoms with Gasteiger partial charge in [-0.3, -0.25) is 0 Å². The third kappa shape index (κ3) is 3.98. The molecule has 0 radical (unpaired) electrons. The normalized spacial score (nSPS) is 19.1. The van der Waals surface area contributed by atoms with Crippen molar-refractivity contribution in [2.75, 3.05) is 16.8 Å². The van der Waals surface area contributed by atoms with Crippen LogP contribution in [-0.2, 0) is 16.3 Å². The van der Waals surface area contributed by atoms with Gasteiger partial charge in [-0.2, -0.15) is 13.2 Å². The summed E-state index contributed by atoms with van der Waals surface area (Å²) in [5.41, 5.74) is 1.07. The molecule has 0 bridgehead atoms. The van der Waals surface area contributed by atoms with E-state index in [1.54, 1.807) is 17.5 Å². The molecule has 1 aliphatic rings. The molecule has 3 nitrogen and oxygen atoms in total. The second kappa shape index (κ2) is 5.98. The van der Waals surface area contributed by atoms with Gasteiger partial charge in [-0.1, -0.05) is 12.1 Å². The van der Waals surface area contributed by atoms with Crippen LogP contribution < -0.4 is 5.32 Å². The van der Waals surface area contributed by atoms with E-state index in [0.29, 0.717) is 18.2 Å². The number of sulfone groups is 1. The zero-order valence-electron chi connectivity index (χ0n) is 12.2. The number of thiophene rings is 1. The minimum atomic E-state index is -4.23. The number of hydrogen-bond acceptors (Lipinski definition) is 4. The van der Waals surface area contributed by atoms with E-state index < -0.39 is 22.4 Å². The van der Waals surface area contributed by atoms with Crippen LogP contribution in [0.2, 0.25) is 0 Å². The molecule has 126 valence electrons. The van der Waals surface area contributed by atoms with E-state index in [1.807, 2.05) is 6.07 Å². The summed E-state index contributed by atoms with van der Waals surface area (Å²) in [6.45, 7) is 0. The molecule has 23 heavy (non-hydrogen) atoms. The van der Waals surface area contributed by atoms with Crippen LogP contribution in [0, 0.1) is 0 Å². The van der Waals surface area contributed by atoms with Crippen molar-refractivity contribution in [2.24, 2.45) is 0 Å². The Labute approximate surface area is 136 Å². The van der Waals surface area contributed by atoms with E-state index in [1.165, 1.54) is 11.3 Å². The van der Waals surface area contributed by atoms with Crippen LogP contribution in [0.25, 0.3) is 10.1 Å². The van der Waals surface area contributed by atoms with Gasteiger partial charge in [0, 0.05) is 6.04 Å². The lowest BCUT2D eigenvalue weighted by molar-refractivity contribution is -0.126. The Morgan fingerprint density at radius 3 is 2.57 bits per heavy atom. The van der Waals surface area contributed by atoms with Crippen LogP contribution in [0.5, 0.6) is 0 Å². The number of alkyl halides is 3. The van der Waals surface area contributed by atoms with E-state index in [-0.39, 0.29) is 23.1 Å². The van der Waals surface area contributed by atoms with Crippen molar-refractivity contribution in [1.29, 1.82) is 0 Å². The molecule has 0 unspecified atom stereocenters. The Bertz CT molecular complexity index is 798. The lowest BCUT2D eigenvalue weighted by atomic mass is 10.1. The van der Waals surface area contributed by atoms with Crippen LogP contribution in [0.1, 0.15) is 18.4 Å². The number of anilines is 1. The molecule has 0 aliphatic carbocycles. The molecular formula is C15H16F3NO2S2. The summed E-state index contributed by atoms with van der Waals surface area (Å²) in [7, 11) is -2.93. The third-order valence-corrected chi connectivity index (χ3v) is 6.78. The van der Waals surface area contributed by atoms with Gasteiger partial charge in [0.15, 0.2) is 0 Å². The fourth-order valence-electron chi connectivity index (χ4n) is 2.83. The third-order valence-electron chi connectivity index (χ3n) is 3.99. The maximum absolute atomic E-state index is 12.6. The SMILES string of the molecule is O=S1(=O)CCC(Nc2cccc3c(CC(F)(F)F)csc23)CC1. The zero-order chi connectivity index (χ0) is 16.7. The summed E-state index contributed by atoms with van der Waals surface area (Å²) >= 11 is 1.29. The van der Waals surface area contributed by atoms with Gasteiger partial charge in [-0.25, -0.2) is 8.42 Å². The predicted molar refractivity (Wildman–Crippen MR) is 86.9 cm³/mol. The minimum Gasteiger partial charge on any atom is -0.381 e. The van der Waals surface area contributed by atoms with Crippen LogP contribution >= 0.6 is 11.3 Å². The van der Waals surface area contributed by atoms with E-state index >= 15 is 0 Å². The molecule has 1 fully saturated rings. The Morgan fingerprint density at radius 1 is 1.22 bits per heavy atom. The van der Waals surface area contributed by atoms with Crippen molar-refractivity contribution in [1.82, 2.24) is 0 Å². The van der Waals surface area contributed by atoms with Crippen molar-refractivity contribution in [3.63, 3.8) is 0 Å². The highest BCUT2D eigenvalue weighted by molar-refractivity contribution is 7.91. The molecule has 1 N–H and O–H groups in total. The number of benzene rings is 1. The van der Waals surface area contributed by atoms with Gasteiger partial charge in [0.25, 0.3) is 0 Å². The summed E-state index contributed by atoms with van der Waals surface area (Å²) in [6.07, 6.45) is -4.10. The molecular weight excluding hydrogens is 347 g/mol. The smallest absolute Gasteiger partial charge is 0.381 e. The highest BCUT2D eigenvalue weighted by Gasteiger charge is 2.29. The summed E-state index contributed by atoms with van der Waals surface area (Å²) < 4.78 is 61.6. The predicted octanol–water partition coefficient (Wildman–Crippen LogP) is 4.00. The van der Waals surface area contributed by atoms with Gasteiger partial charge >= 0.3 is 6.18 Å². The number of hydrogen-bond donors (Lipinski definition) is 1. The monoisotopic (exact) mass is 363 g/mol. The van der Waals surface area contributed by atoms with Crippen LogP contribution in [0.15, 0.2) is 23.6 Å². The molecule has 0 amide bonds. The van der Waals surface area contributed by atoms with Crippen molar-refractivity contribution < 1.29 is 21.6 Å². The molecule has 2 aromatic rings. The second-order valence-corrected chi connectivity index (χ2v) is 8.99. The van der Waals surface area contributed by atoms with E-state index in [2.05, 4.69) is 5.32 Å². The minimum absolute atomic E-state index is 0.0392. The Morgan fingerprint density at radius 2 is 1.91 bits per heavy atom. The number of nitrogens with one attached hydrogen (secondary N) is 1. The fraction of sp³-hybridized carbons (Fsp3) is 0.467. The lowest BCUT2D eigenvalue weighted by Gasteiger charge is -2.24. The summed E-state index contributed by atoms with van der Waals surface area (Å²) in [4.78, 5) is 0. The Kier molecular flexibility index (Phi) is 4.31. The van der Waals surface area contributed by atoms with Gasteiger partial charge in [0.05, 0.1) is 28.3 Å². The lowest BCUT2D eigenvalue weighted by Crippen LogP contribution is -2.32. The molecule has 0 spiro atoms. The zero-order valence-corrected chi connectivity index (χ0v) is 13.8. The molecule has 8 heteroatoms. The van der Waals surface area contributed by atoms with Crippen molar-refractivity contribution >= 4 is 36.9 Å². The molecule has 0 atom stereocenters. The standard InChI is InChI=1S/C15H16F3NO2S2/c16-15(17,18)8-10-9-22-14-12(10)2-1-3-13(14)19-11-4-6-23(20,21)7-5-11/h1-3,9,11,19H,4-8H2. The maximum atomic E-state index is 12.6. The number of halogens is 3. The van der Waals surface area contributed by atoms with Gasteiger partial charge in [0.2, 0.25) is 0 Å². The first-order valence-electron chi connectivity index (χ1n) is 7.26. The first kappa shape index (κ1) is 16.6. The van der Waals surface area contributed by atoms with Crippen LogP contribution in [0.3, 0.4) is 0 Å². The average molecular weight is 363 g/mol. The van der Waals surface area contributed by atoms with E-state index in [0.717, 1.165) is 10.4 Å². The molecule has 1 aromatic carbocycles. The Balaban J connectivity index is 1.82. The second-order valence-electron chi connectivity index (χ2n) is 5.81. The van der Waals surface area contributed by atoms with Crippen LogP contribution in [-0.4, -0.2) is 32.1 Å². The van der Waals surface area contributed by atoms with Crippen molar-refractivity contribution in [3.05, 3.63) is 29.1 Å². The van der Waals surface area contributed by atoms with E-state index in [4.69, 9.17) is 0 Å². The van der Waals surface area contributed by atoms with Gasteiger partial charge in [-0.05, 0) is 35.2 Å². The number of rotatable bonds is 3. The first-order chi connectivity index (χ1) is 10.7. The first-order valence-corrected chi connectivity index (χ1v) is 9.96. The van der Waals surface area contributed by atoms with Gasteiger partial charge in [0.1, 0.15) is 9.84 Å². The number of fused-ring (bicyclic) bond motifs is 1. The molecule has 1 aromatic heterocycles. The molecule has 3 rings (SSSR count). The van der Waals surface area contributed by atoms with Gasteiger partial charge in [-0.15, -0.1) is 11.3 Å². The summed E-state index contributed by atoms with van der Waals surface area (Å²) in [5, 5.41) is 5.46.